The predicted octanol–water partition coefficient (Wildman–Crippen LogP) is 2.68. The standard InChI is InChI=1S/C18H19FN2O3/c19-14-3-1-6-17(11-14)24-13-18(22)20-15-4-2-5-16(12-15)21-7-9-23-10-8-21/h1-6,11-12H,7-10,13H2,(H,20,22). The number of carbonyl (C=O) groups is 1. The Kier molecular flexibility index (Phi) is 5.28. The fourth-order valence-electron chi connectivity index (χ4n) is 2.50. The van der Waals surface area contributed by atoms with Gasteiger partial charge in [0.15, 0.2) is 6.61 Å². The number of rotatable bonds is 5. The van der Waals surface area contributed by atoms with Crippen molar-refractivity contribution < 1.29 is 18.7 Å². The zero-order valence-corrected chi connectivity index (χ0v) is 13.2. The van der Waals surface area contributed by atoms with Gasteiger partial charge in [0.1, 0.15) is 11.6 Å². The molecule has 1 aliphatic heterocycles. The SMILES string of the molecule is O=C(COc1cccc(F)c1)Nc1cccc(N2CCOCC2)c1. The maximum Gasteiger partial charge on any atom is 0.262 e. The number of carbonyl (C=O) groups excluding carboxylic acids is 1. The number of hydrogen-bond acceptors (Lipinski definition) is 4. The summed E-state index contributed by atoms with van der Waals surface area (Å²) in [6.07, 6.45) is 0. The minimum Gasteiger partial charge on any atom is -0.484 e. The fourth-order valence-corrected chi connectivity index (χ4v) is 2.50. The molecular formula is C18H19FN2O3. The topological polar surface area (TPSA) is 50.8 Å². The maximum atomic E-state index is 13.1. The third kappa shape index (κ3) is 4.45. The first-order valence-electron chi connectivity index (χ1n) is 7.82. The lowest BCUT2D eigenvalue weighted by molar-refractivity contribution is -0.118. The van der Waals surface area contributed by atoms with Crippen LogP contribution in [0.15, 0.2) is 48.5 Å². The summed E-state index contributed by atoms with van der Waals surface area (Å²) in [5, 5.41) is 2.79. The first kappa shape index (κ1) is 16.3. The van der Waals surface area contributed by atoms with Crippen LogP contribution < -0.4 is 15.0 Å². The lowest BCUT2D eigenvalue weighted by atomic mass is 10.2. The van der Waals surface area contributed by atoms with Crippen molar-refractivity contribution in [1.82, 2.24) is 0 Å². The van der Waals surface area contributed by atoms with E-state index in [0.717, 1.165) is 18.8 Å². The predicted molar refractivity (Wildman–Crippen MR) is 90.0 cm³/mol. The molecule has 0 radical (unpaired) electrons. The first-order chi connectivity index (χ1) is 11.7. The van der Waals surface area contributed by atoms with E-state index in [2.05, 4.69) is 10.2 Å². The van der Waals surface area contributed by atoms with Crippen LogP contribution in [0.3, 0.4) is 0 Å². The van der Waals surface area contributed by atoms with Gasteiger partial charge in [0, 0.05) is 30.5 Å². The normalized spacial score (nSPS) is 14.3. The van der Waals surface area contributed by atoms with Gasteiger partial charge in [0.05, 0.1) is 13.2 Å². The lowest BCUT2D eigenvalue weighted by Crippen LogP contribution is -2.36. The summed E-state index contributed by atoms with van der Waals surface area (Å²) in [5.41, 5.74) is 1.74. The van der Waals surface area contributed by atoms with E-state index in [9.17, 15) is 9.18 Å². The molecule has 1 N–H and O–H groups in total. The van der Waals surface area contributed by atoms with E-state index in [0.29, 0.717) is 24.7 Å². The second-order valence-corrected chi connectivity index (χ2v) is 5.44. The number of amides is 1. The lowest BCUT2D eigenvalue weighted by Gasteiger charge is -2.29. The number of nitrogens with one attached hydrogen (secondary N) is 1. The molecule has 0 atom stereocenters. The van der Waals surface area contributed by atoms with Crippen molar-refractivity contribution in [3.63, 3.8) is 0 Å². The highest BCUT2D eigenvalue weighted by Crippen LogP contribution is 2.20. The van der Waals surface area contributed by atoms with Crippen LogP contribution >= 0.6 is 0 Å². The molecule has 1 aliphatic rings. The maximum absolute atomic E-state index is 13.1. The smallest absolute Gasteiger partial charge is 0.262 e. The number of morpholine rings is 1. The molecular weight excluding hydrogens is 311 g/mol. The van der Waals surface area contributed by atoms with E-state index in [4.69, 9.17) is 9.47 Å². The van der Waals surface area contributed by atoms with Crippen LogP contribution in [0.5, 0.6) is 5.75 Å². The average molecular weight is 330 g/mol. The molecule has 126 valence electrons. The van der Waals surface area contributed by atoms with Gasteiger partial charge < -0.3 is 19.7 Å². The molecule has 0 bridgehead atoms. The van der Waals surface area contributed by atoms with E-state index in [1.165, 1.54) is 18.2 Å². The number of ether oxygens (including phenoxy) is 2. The van der Waals surface area contributed by atoms with Gasteiger partial charge in [0.25, 0.3) is 5.91 Å². The van der Waals surface area contributed by atoms with Crippen molar-refractivity contribution in [2.45, 2.75) is 0 Å². The van der Waals surface area contributed by atoms with E-state index < -0.39 is 5.82 Å². The van der Waals surface area contributed by atoms with Gasteiger partial charge in [-0.3, -0.25) is 4.79 Å². The van der Waals surface area contributed by atoms with Gasteiger partial charge in [-0.1, -0.05) is 12.1 Å². The van der Waals surface area contributed by atoms with Crippen LogP contribution in [0, 0.1) is 5.82 Å². The second kappa shape index (κ2) is 7.79. The molecule has 2 aromatic carbocycles. The summed E-state index contributed by atoms with van der Waals surface area (Å²) in [7, 11) is 0. The fraction of sp³-hybridized carbons (Fsp3) is 0.278. The molecule has 0 aromatic heterocycles. The largest absolute Gasteiger partial charge is 0.484 e. The third-order valence-corrected chi connectivity index (χ3v) is 3.67. The van der Waals surface area contributed by atoms with Gasteiger partial charge in [-0.05, 0) is 30.3 Å². The van der Waals surface area contributed by atoms with E-state index in [-0.39, 0.29) is 12.5 Å². The third-order valence-electron chi connectivity index (χ3n) is 3.67. The van der Waals surface area contributed by atoms with E-state index in [1.54, 1.807) is 6.07 Å². The summed E-state index contributed by atoms with van der Waals surface area (Å²) in [6.45, 7) is 2.90. The van der Waals surface area contributed by atoms with Crippen LogP contribution in [0.4, 0.5) is 15.8 Å². The van der Waals surface area contributed by atoms with Crippen molar-refractivity contribution in [1.29, 1.82) is 0 Å². The molecule has 5 nitrogen and oxygen atoms in total. The van der Waals surface area contributed by atoms with Crippen molar-refractivity contribution in [2.24, 2.45) is 0 Å². The Morgan fingerprint density at radius 3 is 2.75 bits per heavy atom. The monoisotopic (exact) mass is 330 g/mol. The summed E-state index contributed by atoms with van der Waals surface area (Å²) >= 11 is 0. The molecule has 1 amide bonds. The zero-order chi connectivity index (χ0) is 16.8. The Morgan fingerprint density at radius 1 is 1.17 bits per heavy atom. The van der Waals surface area contributed by atoms with E-state index in [1.807, 2.05) is 24.3 Å². The Hall–Kier alpha value is -2.60. The van der Waals surface area contributed by atoms with Crippen LogP contribution in [-0.2, 0) is 9.53 Å². The number of hydrogen-bond donors (Lipinski definition) is 1. The second-order valence-electron chi connectivity index (χ2n) is 5.44. The minimum absolute atomic E-state index is 0.175. The molecule has 24 heavy (non-hydrogen) atoms. The highest BCUT2D eigenvalue weighted by molar-refractivity contribution is 5.92. The summed E-state index contributed by atoms with van der Waals surface area (Å²) in [6, 6.07) is 13.4. The Bertz CT molecular complexity index is 702. The molecule has 1 fully saturated rings. The molecule has 3 rings (SSSR count). The quantitative estimate of drug-likeness (QED) is 0.916. The molecule has 1 heterocycles. The minimum atomic E-state index is -0.397. The molecule has 6 heteroatoms. The first-order valence-corrected chi connectivity index (χ1v) is 7.82. The van der Waals surface area contributed by atoms with Crippen molar-refractivity contribution >= 4 is 17.3 Å². The van der Waals surface area contributed by atoms with Crippen LogP contribution in [0.25, 0.3) is 0 Å². The molecule has 0 saturated carbocycles. The molecule has 0 aliphatic carbocycles. The van der Waals surface area contributed by atoms with Gasteiger partial charge in [-0.15, -0.1) is 0 Å². The summed E-state index contributed by atoms with van der Waals surface area (Å²) in [4.78, 5) is 14.2. The number of anilines is 2. The Balaban J connectivity index is 1.56. The van der Waals surface area contributed by atoms with E-state index >= 15 is 0 Å². The summed E-state index contributed by atoms with van der Waals surface area (Å²) in [5.74, 6) is -0.364. The summed E-state index contributed by atoms with van der Waals surface area (Å²) < 4.78 is 23.7. The highest BCUT2D eigenvalue weighted by Gasteiger charge is 2.12. The Labute approximate surface area is 140 Å². The average Bonchev–Trinajstić information content (AvgIpc) is 2.61. The zero-order valence-electron chi connectivity index (χ0n) is 13.2. The number of halogens is 1. The van der Waals surface area contributed by atoms with Crippen molar-refractivity contribution in [2.75, 3.05) is 43.1 Å². The van der Waals surface area contributed by atoms with Gasteiger partial charge in [-0.25, -0.2) is 4.39 Å². The number of nitrogens with zero attached hydrogens (tertiary/aromatic N) is 1. The van der Waals surface area contributed by atoms with Gasteiger partial charge >= 0.3 is 0 Å². The Morgan fingerprint density at radius 2 is 1.96 bits per heavy atom. The van der Waals surface area contributed by atoms with Gasteiger partial charge in [-0.2, -0.15) is 0 Å². The molecule has 0 spiro atoms. The molecule has 0 unspecified atom stereocenters. The molecule has 1 saturated heterocycles. The number of benzene rings is 2. The van der Waals surface area contributed by atoms with Crippen molar-refractivity contribution in [3.05, 3.63) is 54.3 Å². The van der Waals surface area contributed by atoms with Crippen LogP contribution in [-0.4, -0.2) is 38.8 Å². The highest BCUT2D eigenvalue weighted by atomic mass is 19.1. The van der Waals surface area contributed by atoms with Crippen LogP contribution in [0.2, 0.25) is 0 Å². The van der Waals surface area contributed by atoms with Crippen molar-refractivity contribution in [3.8, 4) is 5.75 Å². The molecule has 2 aromatic rings. The van der Waals surface area contributed by atoms with Crippen LogP contribution in [0.1, 0.15) is 0 Å². The van der Waals surface area contributed by atoms with Gasteiger partial charge in [0.2, 0.25) is 0 Å².